The molecular formula is C11H22N2O3. The van der Waals surface area contributed by atoms with Gasteiger partial charge < -0.3 is 15.3 Å². The summed E-state index contributed by atoms with van der Waals surface area (Å²) < 4.78 is 0. The molecule has 16 heavy (non-hydrogen) atoms. The highest BCUT2D eigenvalue weighted by atomic mass is 16.4. The van der Waals surface area contributed by atoms with Crippen LogP contribution < -0.4 is 5.84 Å². The van der Waals surface area contributed by atoms with Gasteiger partial charge in [0.05, 0.1) is 18.2 Å². The first-order chi connectivity index (χ1) is 7.52. The van der Waals surface area contributed by atoms with Crippen molar-refractivity contribution in [2.24, 2.45) is 11.8 Å². The first-order valence-corrected chi connectivity index (χ1v) is 5.71. The molecule has 0 amide bonds. The minimum absolute atomic E-state index is 0.0761. The Morgan fingerprint density at radius 1 is 1.38 bits per heavy atom. The number of hydrogen-bond acceptors (Lipinski definition) is 5. The van der Waals surface area contributed by atoms with Crippen LogP contribution in [0.15, 0.2) is 12.2 Å². The monoisotopic (exact) mass is 230 g/mol. The van der Waals surface area contributed by atoms with Gasteiger partial charge in [-0.25, -0.2) is 5.01 Å². The number of rotatable bonds is 3. The molecule has 5 nitrogen and oxygen atoms in total. The number of aliphatic hydroxyl groups is 3. The minimum atomic E-state index is -1.12. The quantitative estimate of drug-likeness (QED) is 0.377. The summed E-state index contributed by atoms with van der Waals surface area (Å²) in [5.41, 5.74) is 0. The standard InChI is InChI=1S/C11H22N2O3/c1-3-5-7(4-2)9-11(16)10(15)8(14)6-13(9)12/h3,5,7-11,14-16H,4,6,12H2,1-2H3/b5-3+/t7?,8-,9-,10+,11+/m1/s1. The largest absolute Gasteiger partial charge is 0.389 e. The summed E-state index contributed by atoms with van der Waals surface area (Å²) in [7, 11) is 0. The molecule has 0 radical (unpaired) electrons. The third-order valence-electron chi connectivity index (χ3n) is 3.22. The van der Waals surface area contributed by atoms with Crippen molar-refractivity contribution in [3.8, 4) is 0 Å². The SMILES string of the molecule is C/C=C/C(CC)[C@@H]1[C@H](O)[C@@H](O)[C@H](O)CN1N. The average molecular weight is 230 g/mol. The lowest BCUT2D eigenvalue weighted by molar-refractivity contribution is -0.146. The van der Waals surface area contributed by atoms with E-state index < -0.39 is 18.3 Å². The van der Waals surface area contributed by atoms with E-state index >= 15 is 0 Å². The number of aliphatic hydroxyl groups excluding tert-OH is 3. The highest BCUT2D eigenvalue weighted by Gasteiger charge is 2.42. The molecule has 0 aromatic rings. The summed E-state index contributed by atoms with van der Waals surface area (Å²) in [5.74, 6) is 5.87. The van der Waals surface area contributed by atoms with Crippen LogP contribution in [0.2, 0.25) is 0 Å². The second-order valence-corrected chi connectivity index (χ2v) is 4.33. The van der Waals surface area contributed by atoms with Crippen LogP contribution in [0, 0.1) is 5.92 Å². The van der Waals surface area contributed by atoms with Gasteiger partial charge in [0, 0.05) is 6.54 Å². The lowest BCUT2D eigenvalue weighted by Gasteiger charge is -2.44. The van der Waals surface area contributed by atoms with Gasteiger partial charge in [-0.1, -0.05) is 19.1 Å². The Balaban J connectivity index is 2.83. The molecule has 1 fully saturated rings. The Morgan fingerprint density at radius 2 is 2.00 bits per heavy atom. The predicted octanol–water partition coefficient (Wildman–Crippen LogP) is -0.771. The van der Waals surface area contributed by atoms with E-state index in [1.54, 1.807) is 0 Å². The number of allylic oxidation sites excluding steroid dienone is 1. The summed E-state index contributed by atoms with van der Waals surface area (Å²) in [4.78, 5) is 0. The Kier molecular flexibility index (Phi) is 4.89. The highest BCUT2D eigenvalue weighted by molar-refractivity contribution is 5.01. The van der Waals surface area contributed by atoms with Gasteiger partial charge in [0.2, 0.25) is 0 Å². The van der Waals surface area contributed by atoms with E-state index in [1.807, 2.05) is 26.0 Å². The van der Waals surface area contributed by atoms with Gasteiger partial charge in [-0.2, -0.15) is 0 Å². The van der Waals surface area contributed by atoms with Crippen LogP contribution in [0.5, 0.6) is 0 Å². The second kappa shape index (κ2) is 5.75. The lowest BCUT2D eigenvalue weighted by atomic mass is 9.84. The van der Waals surface area contributed by atoms with Gasteiger partial charge in [0.15, 0.2) is 0 Å². The summed E-state index contributed by atoms with van der Waals surface area (Å²) >= 11 is 0. The zero-order valence-electron chi connectivity index (χ0n) is 9.82. The van der Waals surface area contributed by atoms with Crippen molar-refractivity contribution >= 4 is 0 Å². The van der Waals surface area contributed by atoms with E-state index in [-0.39, 0.29) is 18.5 Å². The van der Waals surface area contributed by atoms with Gasteiger partial charge in [0.1, 0.15) is 6.10 Å². The topological polar surface area (TPSA) is 90.0 Å². The zero-order chi connectivity index (χ0) is 12.3. The molecule has 1 unspecified atom stereocenters. The first-order valence-electron chi connectivity index (χ1n) is 5.71. The summed E-state index contributed by atoms with van der Waals surface area (Å²) in [6.45, 7) is 4.09. The van der Waals surface area contributed by atoms with Crippen molar-refractivity contribution in [2.75, 3.05) is 6.54 Å². The fraction of sp³-hybridized carbons (Fsp3) is 0.818. The van der Waals surface area contributed by atoms with Gasteiger partial charge in [-0.15, -0.1) is 0 Å². The summed E-state index contributed by atoms with van der Waals surface area (Å²) in [6.07, 6.45) is 1.57. The van der Waals surface area contributed by atoms with Gasteiger partial charge in [0.25, 0.3) is 0 Å². The maximum Gasteiger partial charge on any atom is 0.109 e. The van der Waals surface area contributed by atoms with Crippen molar-refractivity contribution in [3.05, 3.63) is 12.2 Å². The smallest absolute Gasteiger partial charge is 0.109 e. The molecule has 5 N–H and O–H groups in total. The minimum Gasteiger partial charge on any atom is -0.389 e. The first kappa shape index (κ1) is 13.6. The van der Waals surface area contributed by atoms with Crippen LogP contribution in [0.4, 0.5) is 0 Å². The van der Waals surface area contributed by atoms with Crippen molar-refractivity contribution in [1.82, 2.24) is 5.01 Å². The normalized spacial score (nSPS) is 39.1. The Bertz CT molecular complexity index is 247. The number of hydrogen-bond donors (Lipinski definition) is 4. The number of nitrogens with two attached hydrogens (primary N) is 1. The Labute approximate surface area is 96.1 Å². The zero-order valence-corrected chi connectivity index (χ0v) is 9.82. The molecule has 0 aromatic heterocycles. The van der Waals surface area contributed by atoms with Crippen molar-refractivity contribution in [3.63, 3.8) is 0 Å². The Hall–Kier alpha value is -0.460. The van der Waals surface area contributed by atoms with Crippen molar-refractivity contribution < 1.29 is 15.3 Å². The molecule has 1 aliphatic heterocycles. The number of hydrazine groups is 1. The molecule has 0 aromatic carbocycles. The number of nitrogens with zero attached hydrogens (tertiary/aromatic N) is 1. The molecule has 94 valence electrons. The van der Waals surface area contributed by atoms with Crippen LogP contribution in [-0.2, 0) is 0 Å². The lowest BCUT2D eigenvalue weighted by Crippen LogP contribution is -2.65. The van der Waals surface area contributed by atoms with Gasteiger partial charge in [-0.3, -0.25) is 5.84 Å². The second-order valence-electron chi connectivity index (χ2n) is 4.33. The molecule has 0 saturated carbocycles. The van der Waals surface area contributed by atoms with Crippen LogP contribution in [0.1, 0.15) is 20.3 Å². The number of β-amino-alcohol motifs (C(OH)–C–C–N with tert-alkyl or cyclic N) is 1. The van der Waals surface area contributed by atoms with Crippen molar-refractivity contribution in [1.29, 1.82) is 0 Å². The Morgan fingerprint density at radius 3 is 2.50 bits per heavy atom. The molecule has 5 heteroatoms. The van der Waals surface area contributed by atoms with Crippen molar-refractivity contribution in [2.45, 2.75) is 44.6 Å². The molecular weight excluding hydrogens is 208 g/mol. The number of piperidine rings is 1. The summed E-state index contributed by atoms with van der Waals surface area (Å²) in [6, 6.07) is -0.348. The van der Waals surface area contributed by atoms with E-state index in [1.165, 1.54) is 5.01 Å². The molecule has 5 atom stereocenters. The average Bonchev–Trinajstić information content (AvgIpc) is 2.25. The van der Waals surface area contributed by atoms with Crippen LogP contribution in [-0.4, -0.2) is 51.2 Å². The van der Waals surface area contributed by atoms with Gasteiger partial charge >= 0.3 is 0 Å². The predicted molar refractivity (Wildman–Crippen MR) is 61.3 cm³/mol. The third-order valence-corrected chi connectivity index (χ3v) is 3.22. The fourth-order valence-electron chi connectivity index (χ4n) is 2.31. The third kappa shape index (κ3) is 2.61. The highest BCUT2D eigenvalue weighted by Crippen LogP contribution is 2.25. The van der Waals surface area contributed by atoms with Crippen LogP contribution >= 0.6 is 0 Å². The molecule has 0 aliphatic carbocycles. The van der Waals surface area contributed by atoms with E-state index in [0.717, 1.165) is 6.42 Å². The maximum atomic E-state index is 9.94. The van der Waals surface area contributed by atoms with Crippen LogP contribution in [0.3, 0.4) is 0 Å². The van der Waals surface area contributed by atoms with E-state index in [0.29, 0.717) is 0 Å². The molecule has 1 heterocycles. The molecule has 0 bridgehead atoms. The maximum absolute atomic E-state index is 9.94. The van der Waals surface area contributed by atoms with E-state index in [9.17, 15) is 15.3 Å². The molecule has 1 rings (SSSR count). The van der Waals surface area contributed by atoms with E-state index in [2.05, 4.69) is 0 Å². The van der Waals surface area contributed by atoms with Crippen LogP contribution in [0.25, 0.3) is 0 Å². The van der Waals surface area contributed by atoms with Gasteiger partial charge in [-0.05, 0) is 19.3 Å². The summed E-state index contributed by atoms with van der Waals surface area (Å²) in [5, 5.41) is 30.5. The molecule has 1 saturated heterocycles. The van der Waals surface area contributed by atoms with E-state index in [4.69, 9.17) is 5.84 Å². The fourth-order valence-corrected chi connectivity index (χ4v) is 2.31. The molecule has 1 aliphatic rings. The molecule has 0 spiro atoms.